The van der Waals surface area contributed by atoms with Crippen LogP contribution in [0.4, 0.5) is 0 Å². The molecule has 5 heteroatoms. The van der Waals surface area contributed by atoms with Gasteiger partial charge < -0.3 is 8.92 Å². The van der Waals surface area contributed by atoms with Crippen LogP contribution >= 0.6 is 0 Å². The highest BCUT2D eigenvalue weighted by atomic mass is 32.2. The lowest BCUT2D eigenvalue weighted by Gasteiger charge is -2.05. The van der Waals surface area contributed by atoms with Crippen molar-refractivity contribution in [1.82, 2.24) is 0 Å². The summed E-state index contributed by atoms with van der Waals surface area (Å²) in [6.45, 7) is 2.20. The van der Waals surface area contributed by atoms with E-state index in [1.54, 1.807) is 25.1 Å². The van der Waals surface area contributed by atoms with Gasteiger partial charge in [0.25, 0.3) is 0 Å². The Morgan fingerprint density at radius 2 is 2.27 bits per heavy atom. The molecule has 82 valence electrons. The summed E-state index contributed by atoms with van der Waals surface area (Å²) in [4.78, 5) is 0. The van der Waals surface area contributed by atoms with Crippen molar-refractivity contribution in [3.63, 3.8) is 0 Å². The first kappa shape index (κ1) is 10.3. The Bertz CT molecular complexity index is 464. The molecule has 0 amide bonds. The second-order valence-corrected chi connectivity index (χ2v) is 5.16. The highest BCUT2D eigenvalue weighted by Crippen LogP contribution is 2.29. The highest BCUT2D eigenvalue weighted by molar-refractivity contribution is 7.87. The van der Waals surface area contributed by atoms with E-state index in [4.69, 9.17) is 8.92 Å². The third kappa shape index (κ3) is 2.23. The van der Waals surface area contributed by atoms with E-state index in [0.29, 0.717) is 12.4 Å². The van der Waals surface area contributed by atoms with Gasteiger partial charge in [-0.3, -0.25) is 0 Å². The molecule has 0 spiro atoms. The van der Waals surface area contributed by atoms with Crippen LogP contribution in [0.5, 0.6) is 11.5 Å². The summed E-state index contributed by atoms with van der Waals surface area (Å²) < 4.78 is 32.6. The first-order chi connectivity index (χ1) is 7.11. The van der Waals surface area contributed by atoms with E-state index in [9.17, 15) is 8.42 Å². The molecule has 0 fully saturated rings. The minimum Gasteiger partial charge on any atom is -0.493 e. The van der Waals surface area contributed by atoms with Crippen LogP contribution in [0.2, 0.25) is 0 Å². The summed E-state index contributed by atoms with van der Waals surface area (Å²) in [6, 6.07) is 5.07. The Kier molecular flexibility index (Phi) is 2.56. The standard InChI is InChI=1S/C10H12O4S/c1-2-15(11,12)14-9-3-4-10-8(7-9)5-6-13-10/h3-4,7H,2,5-6H2,1H3. The average molecular weight is 228 g/mol. The van der Waals surface area contributed by atoms with Crippen LogP contribution in [0.15, 0.2) is 18.2 Å². The summed E-state index contributed by atoms with van der Waals surface area (Å²) in [6.07, 6.45) is 0.804. The van der Waals surface area contributed by atoms with Crippen molar-refractivity contribution in [2.45, 2.75) is 13.3 Å². The largest absolute Gasteiger partial charge is 0.493 e. The monoisotopic (exact) mass is 228 g/mol. The Morgan fingerprint density at radius 1 is 1.47 bits per heavy atom. The predicted octanol–water partition coefficient (Wildman–Crippen LogP) is 1.35. The average Bonchev–Trinajstić information content (AvgIpc) is 2.64. The maximum atomic E-state index is 11.2. The van der Waals surface area contributed by atoms with Crippen LogP contribution in [-0.2, 0) is 16.5 Å². The molecule has 1 aliphatic heterocycles. The van der Waals surface area contributed by atoms with E-state index in [-0.39, 0.29) is 5.75 Å². The van der Waals surface area contributed by atoms with Gasteiger partial charge in [0.2, 0.25) is 0 Å². The molecule has 0 aromatic heterocycles. The van der Waals surface area contributed by atoms with Crippen LogP contribution in [0.1, 0.15) is 12.5 Å². The van der Waals surface area contributed by atoms with E-state index >= 15 is 0 Å². The van der Waals surface area contributed by atoms with Crippen molar-refractivity contribution < 1.29 is 17.3 Å². The summed E-state index contributed by atoms with van der Waals surface area (Å²) in [7, 11) is -3.43. The summed E-state index contributed by atoms with van der Waals surface area (Å²) in [5, 5.41) is 0. The van der Waals surface area contributed by atoms with Gasteiger partial charge in [-0.1, -0.05) is 0 Å². The quantitative estimate of drug-likeness (QED) is 0.733. The number of rotatable bonds is 3. The number of fused-ring (bicyclic) bond motifs is 1. The van der Waals surface area contributed by atoms with Crippen molar-refractivity contribution in [2.75, 3.05) is 12.4 Å². The fourth-order valence-electron chi connectivity index (χ4n) is 1.42. The van der Waals surface area contributed by atoms with E-state index in [1.165, 1.54) is 0 Å². The topological polar surface area (TPSA) is 52.6 Å². The Labute approximate surface area is 88.9 Å². The third-order valence-corrected chi connectivity index (χ3v) is 3.39. The van der Waals surface area contributed by atoms with Gasteiger partial charge in [-0.25, -0.2) is 0 Å². The van der Waals surface area contributed by atoms with E-state index < -0.39 is 10.1 Å². The molecule has 4 nitrogen and oxygen atoms in total. The van der Waals surface area contributed by atoms with Crippen LogP contribution in [0.25, 0.3) is 0 Å². The van der Waals surface area contributed by atoms with Gasteiger partial charge in [-0.05, 0) is 25.1 Å². The molecule has 0 bridgehead atoms. The molecular formula is C10H12O4S. The van der Waals surface area contributed by atoms with Crippen molar-refractivity contribution >= 4 is 10.1 Å². The maximum absolute atomic E-state index is 11.2. The van der Waals surface area contributed by atoms with Crippen LogP contribution in [-0.4, -0.2) is 20.8 Å². The number of hydrogen-bond acceptors (Lipinski definition) is 4. The lowest BCUT2D eigenvalue weighted by atomic mass is 10.2. The second kappa shape index (κ2) is 3.73. The SMILES string of the molecule is CCS(=O)(=O)Oc1ccc2c(c1)CCO2. The molecule has 0 atom stereocenters. The second-order valence-electron chi connectivity index (χ2n) is 3.30. The first-order valence-corrected chi connectivity index (χ1v) is 6.36. The molecule has 0 radical (unpaired) electrons. The first-order valence-electron chi connectivity index (χ1n) is 4.78. The summed E-state index contributed by atoms with van der Waals surface area (Å²) in [5.41, 5.74) is 0.999. The normalized spacial score (nSPS) is 14.5. The zero-order chi connectivity index (χ0) is 10.9. The lowest BCUT2D eigenvalue weighted by Crippen LogP contribution is -2.11. The molecule has 1 heterocycles. The number of ether oxygens (including phenoxy) is 1. The number of benzene rings is 1. The van der Waals surface area contributed by atoms with Gasteiger partial charge in [0.1, 0.15) is 11.5 Å². The molecule has 0 saturated carbocycles. The molecule has 0 aliphatic carbocycles. The molecule has 1 aromatic carbocycles. The Hall–Kier alpha value is -1.23. The van der Waals surface area contributed by atoms with Crippen molar-refractivity contribution in [2.24, 2.45) is 0 Å². The molecule has 15 heavy (non-hydrogen) atoms. The van der Waals surface area contributed by atoms with Gasteiger partial charge in [0.15, 0.2) is 0 Å². The molecular weight excluding hydrogens is 216 g/mol. The molecule has 0 saturated heterocycles. The molecule has 0 N–H and O–H groups in total. The molecule has 1 aliphatic rings. The summed E-state index contributed by atoms with van der Waals surface area (Å²) >= 11 is 0. The van der Waals surface area contributed by atoms with Gasteiger partial charge in [-0.2, -0.15) is 8.42 Å². The Morgan fingerprint density at radius 3 is 3.00 bits per heavy atom. The lowest BCUT2D eigenvalue weighted by molar-refractivity contribution is 0.356. The summed E-state index contributed by atoms with van der Waals surface area (Å²) in [5.74, 6) is 1.15. The van der Waals surface area contributed by atoms with Gasteiger partial charge >= 0.3 is 10.1 Å². The molecule has 1 aromatic rings. The Balaban J connectivity index is 2.24. The van der Waals surface area contributed by atoms with Crippen molar-refractivity contribution in [3.8, 4) is 11.5 Å². The van der Waals surface area contributed by atoms with Gasteiger partial charge in [-0.15, -0.1) is 0 Å². The zero-order valence-electron chi connectivity index (χ0n) is 8.39. The number of hydrogen-bond donors (Lipinski definition) is 0. The fourth-order valence-corrected chi connectivity index (χ4v) is 1.94. The third-order valence-electron chi connectivity index (χ3n) is 2.24. The van der Waals surface area contributed by atoms with Gasteiger partial charge in [0, 0.05) is 12.0 Å². The molecule has 0 unspecified atom stereocenters. The van der Waals surface area contributed by atoms with Crippen LogP contribution in [0.3, 0.4) is 0 Å². The zero-order valence-corrected chi connectivity index (χ0v) is 9.21. The maximum Gasteiger partial charge on any atom is 0.308 e. The van der Waals surface area contributed by atoms with E-state index in [1.807, 2.05) is 0 Å². The minimum absolute atomic E-state index is 0.0272. The fraction of sp³-hybridized carbons (Fsp3) is 0.400. The van der Waals surface area contributed by atoms with Crippen LogP contribution < -0.4 is 8.92 Å². The van der Waals surface area contributed by atoms with Crippen LogP contribution in [0, 0.1) is 0 Å². The van der Waals surface area contributed by atoms with E-state index in [2.05, 4.69) is 0 Å². The van der Waals surface area contributed by atoms with Crippen molar-refractivity contribution in [3.05, 3.63) is 23.8 Å². The predicted molar refractivity (Wildman–Crippen MR) is 55.7 cm³/mol. The highest BCUT2D eigenvalue weighted by Gasteiger charge is 2.15. The van der Waals surface area contributed by atoms with E-state index in [0.717, 1.165) is 17.7 Å². The van der Waals surface area contributed by atoms with Gasteiger partial charge in [0.05, 0.1) is 12.4 Å². The smallest absolute Gasteiger partial charge is 0.308 e. The molecule has 2 rings (SSSR count). The minimum atomic E-state index is -3.43. The van der Waals surface area contributed by atoms with Crippen molar-refractivity contribution in [1.29, 1.82) is 0 Å².